The minimum atomic E-state index is -0.0506. The van der Waals surface area contributed by atoms with Gasteiger partial charge in [-0.1, -0.05) is 66.2 Å². The van der Waals surface area contributed by atoms with Crippen molar-refractivity contribution in [2.75, 3.05) is 0 Å². The Morgan fingerprint density at radius 3 is 2.08 bits per heavy atom. The predicted octanol–water partition coefficient (Wildman–Crippen LogP) is 4.98. The maximum atomic E-state index is 12.6. The summed E-state index contributed by atoms with van der Waals surface area (Å²) in [4.78, 5) is 23.2. The third-order valence-electron chi connectivity index (χ3n) is 3.83. The van der Waals surface area contributed by atoms with E-state index in [2.05, 4.69) is 0 Å². The van der Waals surface area contributed by atoms with Gasteiger partial charge in [-0.25, -0.2) is 0 Å². The van der Waals surface area contributed by atoms with Crippen LogP contribution in [0.3, 0.4) is 0 Å². The molecule has 0 saturated heterocycles. The van der Waals surface area contributed by atoms with Crippen molar-refractivity contribution in [3.8, 4) is 11.1 Å². The molecule has 0 aliphatic carbocycles. The van der Waals surface area contributed by atoms with Crippen molar-refractivity contribution in [3.05, 3.63) is 94.5 Å². The highest BCUT2D eigenvalue weighted by molar-refractivity contribution is 6.30. The zero-order chi connectivity index (χ0) is 16.9. The van der Waals surface area contributed by atoms with Gasteiger partial charge in [-0.2, -0.15) is 0 Å². The molecule has 0 aliphatic heterocycles. The largest absolute Gasteiger partial charge is 0.303 e. The molecule has 0 saturated carbocycles. The molecule has 0 unspecified atom stereocenters. The van der Waals surface area contributed by atoms with E-state index < -0.39 is 0 Å². The van der Waals surface area contributed by atoms with Crippen LogP contribution in [0.2, 0.25) is 5.02 Å². The quantitative estimate of drug-likeness (QED) is 0.487. The van der Waals surface area contributed by atoms with Gasteiger partial charge in [0.15, 0.2) is 5.78 Å². The van der Waals surface area contributed by atoms with Gasteiger partial charge in [0.2, 0.25) is 0 Å². The van der Waals surface area contributed by atoms with Gasteiger partial charge in [0, 0.05) is 22.6 Å². The van der Waals surface area contributed by atoms with E-state index in [4.69, 9.17) is 11.6 Å². The molecule has 3 rings (SSSR count). The summed E-state index contributed by atoms with van der Waals surface area (Å²) >= 11 is 5.90. The molecule has 0 spiro atoms. The van der Waals surface area contributed by atoms with Crippen LogP contribution in [-0.4, -0.2) is 12.1 Å². The van der Waals surface area contributed by atoms with Gasteiger partial charge in [0.25, 0.3) is 0 Å². The molecular formula is C21H15ClO2. The number of aldehydes is 1. The standard InChI is InChI=1S/C21H15ClO2/c22-20-10-8-17(9-11-20)16-4-6-18(7-5-16)21(24)19-3-1-2-15(14-19)12-13-23/h1-11,13-14H,12H2. The first-order chi connectivity index (χ1) is 11.7. The van der Waals surface area contributed by atoms with Crippen LogP contribution < -0.4 is 0 Å². The third-order valence-corrected chi connectivity index (χ3v) is 4.08. The van der Waals surface area contributed by atoms with E-state index in [1.165, 1.54) is 0 Å². The number of hydrogen-bond donors (Lipinski definition) is 0. The normalized spacial score (nSPS) is 10.4. The molecule has 3 heteroatoms. The minimum Gasteiger partial charge on any atom is -0.303 e. The van der Waals surface area contributed by atoms with Gasteiger partial charge in [-0.15, -0.1) is 0 Å². The van der Waals surface area contributed by atoms with Gasteiger partial charge >= 0.3 is 0 Å². The second kappa shape index (κ2) is 7.24. The average Bonchev–Trinajstić information content (AvgIpc) is 2.62. The predicted molar refractivity (Wildman–Crippen MR) is 96.5 cm³/mol. The fourth-order valence-corrected chi connectivity index (χ4v) is 2.68. The Morgan fingerprint density at radius 2 is 1.46 bits per heavy atom. The highest BCUT2D eigenvalue weighted by Gasteiger charge is 2.10. The van der Waals surface area contributed by atoms with E-state index in [-0.39, 0.29) is 5.78 Å². The number of carbonyl (C=O) groups is 2. The fraction of sp³-hybridized carbons (Fsp3) is 0.0476. The molecule has 0 aromatic heterocycles. The van der Waals surface area contributed by atoms with Crippen molar-refractivity contribution >= 4 is 23.7 Å². The summed E-state index contributed by atoms with van der Waals surface area (Å²) in [5.74, 6) is -0.0506. The summed E-state index contributed by atoms with van der Waals surface area (Å²) in [5.41, 5.74) is 4.13. The summed E-state index contributed by atoms with van der Waals surface area (Å²) in [6.45, 7) is 0. The van der Waals surface area contributed by atoms with Crippen LogP contribution in [0.1, 0.15) is 21.5 Å². The van der Waals surface area contributed by atoms with Crippen LogP contribution in [0.4, 0.5) is 0 Å². The van der Waals surface area contributed by atoms with E-state index in [1.54, 1.807) is 18.2 Å². The Labute approximate surface area is 145 Å². The highest BCUT2D eigenvalue weighted by atomic mass is 35.5. The summed E-state index contributed by atoms with van der Waals surface area (Å²) in [7, 11) is 0. The first-order valence-corrected chi connectivity index (χ1v) is 7.98. The number of carbonyl (C=O) groups excluding carboxylic acids is 2. The zero-order valence-corrected chi connectivity index (χ0v) is 13.7. The van der Waals surface area contributed by atoms with Crippen LogP contribution in [0.15, 0.2) is 72.8 Å². The summed E-state index contributed by atoms with van der Waals surface area (Å²) in [6, 6.07) is 22.2. The zero-order valence-electron chi connectivity index (χ0n) is 12.9. The van der Waals surface area contributed by atoms with Crippen molar-refractivity contribution in [2.24, 2.45) is 0 Å². The first-order valence-electron chi connectivity index (χ1n) is 7.60. The van der Waals surface area contributed by atoms with Crippen molar-refractivity contribution in [1.82, 2.24) is 0 Å². The fourth-order valence-electron chi connectivity index (χ4n) is 2.56. The number of rotatable bonds is 5. The van der Waals surface area contributed by atoms with Gasteiger partial charge in [0.1, 0.15) is 6.29 Å². The van der Waals surface area contributed by atoms with E-state index in [0.29, 0.717) is 22.6 Å². The lowest BCUT2D eigenvalue weighted by molar-refractivity contribution is -0.107. The molecule has 0 N–H and O–H groups in total. The lowest BCUT2D eigenvalue weighted by Gasteiger charge is -2.06. The van der Waals surface area contributed by atoms with E-state index >= 15 is 0 Å². The number of halogens is 1. The maximum absolute atomic E-state index is 12.6. The Hall–Kier alpha value is -2.71. The number of benzene rings is 3. The lowest BCUT2D eigenvalue weighted by Crippen LogP contribution is -2.02. The lowest BCUT2D eigenvalue weighted by atomic mass is 9.98. The molecule has 0 atom stereocenters. The second-order valence-electron chi connectivity index (χ2n) is 5.48. The van der Waals surface area contributed by atoms with Crippen molar-refractivity contribution in [1.29, 1.82) is 0 Å². The summed E-state index contributed by atoms with van der Waals surface area (Å²) in [5, 5.41) is 0.695. The molecule has 2 nitrogen and oxygen atoms in total. The van der Waals surface area contributed by atoms with Crippen LogP contribution in [0.5, 0.6) is 0 Å². The molecule has 0 bridgehead atoms. The molecular weight excluding hydrogens is 320 g/mol. The van der Waals surface area contributed by atoms with Crippen molar-refractivity contribution in [2.45, 2.75) is 6.42 Å². The second-order valence-corrected chi connectivity index (χ2v) is 5.92. The molecule has 0 amide bonds. The highest BCUT2D eigenvalue weighted by Crippen LogP contribution is 2.22. The van der Waals surface area contributed by atoms with Crippen LogP contribution in [0, 0.1) is 0 Å². The van der Waals surface area contributed by atoms with Crippen LogP contribution in [0.25, 0.3) is 11.1 Å². The summed E-state index contributed by atoms with van der Waals surface area (Å²) in [6.07, 6.45) is 1.15. The summed E-state index contributed by atoms with van der Waals surface area (Å²) < 4.78 is 0. The average molecular weight is 335 g/mol. The number of ketones is 1. The minimum absolute atomic E-state index is 0.0506. The van der Waals surface area contributed by atoms with Gasteiger partial charge in [-0.05, 0) is 34.9 Å². The molecule has 0 heterocycles. The van der Waals surface area contributed by atoms with Gasteiger partial charge in [-0.3, -0.25) is 4.79 Å². The Morgan fingerprint density at radius 1 is 0.833 bits per heavy atom. The van der Waals surface area contributed by atoms with Gasteiger partial charge < -0.3 is 4.79 Å². The Kier molecular flexibility index (Phi) is 4.88. The van der Waals surface area contributed by atoms with E-state index in [9.17, 15) is 9.59 Å². The molecule has 118 valence electrons. The maximum Gasteiger partial charge on any atom is 0.193 e. The Bertz CT molecular complexity index is 865. The first kappa shape index (κ1) is 16.2. The third kappa shape index (κ3) is 3.61. The SMILES string of the molecule is O=CCc1cccc(C(=O)c2ccc(-c3ccc(Cl)cc3)cc2)c1. The van der Waals surface area contributed by atoms with Crippen LogP contribution >= 0.6 is 11.6 Å². The van der Waals surface area contributed by atoms with E-state index in [0.717, 1.165) is 23.0 Å². The molecule has 0 radical (unpaired) electrons. The topological polar surface area (TPSA) is 34.1 Å². The molecule has 0 fully saturated rings. The smallest absolute Gasteiger partial charge is 0.193 e. The van der Waals surface area contributed by atoms with Gasteiger partial charge in [0.05, 0.1) is 0 Å². The van der Waals surface area contributed by atoms with E-state index in [1.807, 2.05) is 54.6 Å². The monoisotopic (exact) mass is 334 g/mol. The Balaban J connectivity index is 1.85. The molecule has 0 aliphatic rings. The van der Waals surface area contributed by atoms with Crippen molar-refractivity contribution in [3.63, 3.8) is 0 Å². The molecule has 3 aromatic rings. The van der Waals surface area contributed by atoms with Crippen molar-refractivity contribution < 1.29 is 9.59 Å². The van der Waals surface area contributed by atoms with Crippen LogP contribution in [-0.2, 0) is 11.2 Å². The number of hydrogen-bond acceptors (Lipinski definition) is 2. The molecule has 24 heavy (non-hydrogen) atoms. The molecule has 3 aromatic carbocycles.